The van der Waals surface area contributed by atoms with Gasteiger partial charge in [-0.2, -0.15) is 0 Å². The minimum absolute atomic E-state index is 0.289. The molecule has 0 saturated heterocycles. The Morgan fingerprint density at radius 3 is 2.35 bits per heavy atom. The van der Waals surface area contributed by atoms with E-state index in [1.165, 1.54) is 12.1 Å². The fraction of sp³-hybridized carbons (Fsp3) is 0.278. The van der Waals surface area contributed by atoms with E-state index in [2.05, 4.69) is 5.32 Å². The topological polar surface area (TPSA) is 64.3 Å². The maximum Gasteiger partial charge on any atom is 0.412 e. The zero-order chi connectivity index (χ0) is 17.2. The van der Waals surface area contributed by atoms with Crippen molar-refractivity contribution < 1.29 is 13.9 Å². The monoisotopic (exact) mass is 316 g/mol. The molecule has 0 aliphatic heterocycles. The van der Waals surface area contributed by atoms with Gasteiger partial charge in [0.15, 0.2) is 0 Å². The van der Waals surface area contributed by atoms with Crippen LogP contribution >= 0.6 is 0 Å². The minimum Gasteiger partial charge on any atom is -0.444 e. The summed E-state index contributed by atoms with van der Waals surface area (Å²) in [6, 6.07) is 9.72. The highest BCUT2D eigenvalue weighted by atomic mass is 19.1. The summed E-state index contributed by atoms with van der Waals surface area (Å²) in [5.74, 6) is -0.289. The van der Waals surface area contributed by atoms with E-state index in [1.54, 1.807) is 45.0 Å². The zero-order valence-electron chi connectivity index (χ0n) is 13.7. The van der Waals surface area contributed by atoms with Crippen LogP contribution in [0.5, 0.6) is 0 Å². The highest BCUT2D eigenvalue weighted by Crippen LogP contribution is 2.31. The summed E-state index contributed by atoms with van der Waals surface area (Å²) in [5, 5.41) is 2.65. The number of halogens is 1. The fourth-order valence-corrected chi connectivity index (χ4v) is 2.19. The number of ether oxygens (including phenoxy) is 1. The third-order valence-electron chi connectivity index (χ3n) is 3.19. The van der Waals surface area contributed by atoms with Gasteiger partial charge in [-0.25, -0.2) is 9.18 Å². The third-order valence-corrected chi connectivity index (χ3v) is 3.19. The molecule has 0 heterocycles. The van der Waals surface area contributed by atoms with Crippen molar-refractivity contribution >= 4 is 17.5 Å². The van der Waals surface area contributed by atoms with Crippen molar-refractivity contribution in [3.63, 3.8) is 0 Å². The number of hydrogen-bond donors (Lipinski definition) is 2. The van der Waals surface area contributed by atoms with Crippen LogP contribution in [0.15, 0.2) is 36.4 Å². The number of hydrogen-bond acceptors (Lipinski definition) is 3. The number of anilines is 2. The van der Waals surface area contributed by atoms with Crippen LogP contribution in [0.3, 0.4) is 0 Å². The smallest absolute Gasteiger partial charge is 0.412 e. The largest absolute Gasteiger partial charge is 0.444 e. The fourth-order valence-electron chi connectivity index (χ4n) is 2.19. The van der Waals surface area contributed by atoms with Gasteiger partial charge in [0, 0.05) is 0 Å². The standard InChI is InChI=1S/C18H21FN2O2/c1-11-9-16(21-17(22)23-18(2,3)4)15(20)10-14(11)12-5-7-13(19)8-6-12/h5-10H,20H2,1-4H3,(H,21,22). The summed E-state index contributed by atoms with van der Waals surface area (Å²) < 4.78 is 18.3. The predicted octanol–water partition coefficient (Wildman–Crippen LogP) is 4.73. The summed E-state index contributed by atoms with van der Waals surface area (Å²) in [7, 11) is 0. The Morgan fingerprint density at radius 1 is 1.17 bits per heavy atom. The average molecular weight is 316 g/mol. The van der Waals surface area contributed by atoms with Crippen LogP contribution in [0.1, 0.15) is 26.3 Å². The second kappa shape index (κ2) is 6.28. The first-order valence-corrected chi connectivity index (χ1v) is 7.32. The molecular weight excluding hydrogens is 295 g/mol. The second-order valence-electron chi connectivity index (χ2n) is 6.39. The Balaban J connectivity index is 2.27. The van der Waals surface area contributed by atoms with E-state index < -0.39 is 11.7 Å². The number of aryl methyl sites for hydroxylation is 1. The number of nitrogens with two attached hydrogens (primary N) is 1. The number of nitrogens with one attached hydrogen (secondary N) is 1. The Hall–Kier alpha value is -2.56. The van der Waals surface area contributed by atoms with Crippen LogP contribution < -0.4 is 11.1 Å². The molecule has 0 aliphatic rings. The van der Waals surface area contributed by atoms with Crippen molar-refractivity contribution in [2.45, 2.75) is 33.3 Å². The Bertz CT molecular complexity index is 719. The van der Waals surface area contributed by atoms with E-state index in [0.717, 1.165) is 16.7 Å². The molecule has 2 rings (SSSR count). The van der Waals surface area contributed by atoms with Gasteiger partial charge < -0.3 is 10.5 Å². The summed E-state index contributed by atoms with van der Waals surface area (Å²) in [6.07, 6.45) is -0.557. The van der Waals surface area contributed by atoms with Gasteiger partial charge in [0.2, 0.25) is 0 Å². The van der Waals surface area contributed by atoms with E-state index in [9.17, 15) is 9.18 Å². The van der Waals surface area contributed by atoms with E-state index in [-0.39, 0.29) is 5.82 Å². The molecule has 5 heteroatoms. The first-order valence-electron chi connectivity index (χ1n) is 7.32. The summed E-state index contributed by atoms with van der Waals surface area (Å²) >= 11 is 0. The van der Waals surface area contributed by atoms with Gasteiger partial charge in [0.05, 0.1) is 11.4 Å². The zero-order valence-corrected chi connectivity index (χ0v) is 13.7. The van der Waals surface area contributed by atoms with E-state index >= 15 is 0 Å². The molecule has 3 N–H and O–H groups in total. The van der Waals surface area contributed by atoms with E-state index in [0.29, 0.717) is 11.4 Å². The molecule has 0 radical (unpaired) electrons. The highest BCUT2D eigenvalue weighted by molar-refractivity contribution is 5.91. The predicted molar refractivity (Wildman–Crippen MR) is 90.8 cm³/mol. The van der Waals surface area contributed by atoms with Crippen molar-refractivity contribution in [1.82, 2.24) is 0 Å². The van der Waals surface area contributed by atoms with Crippen molar-refractivity contribution in [3.8, 4) is 11.1 Å². The van der Waals surface area contributed by atoms with Crippen LogP contribution in [0.4, 0.5) is 20.6 Å². The van der Waals surface area contributed by atoms with E-state index in [4.69, 9.17) is 10.5 Å². The van der Waals surface area contributed by atoms with Gasteiger partial charge in [-0.1, -0.05) is 12.1 Å². The maximum absolute atomic E-state index is 13.0. The number of nitrogen functional groups attached to an aromatic ring is 1. The Morgan fingerprint density at radius 2 is 1.78 bits per heavy atom. The van der Waals surface area contributed by atoms with E-state index in [1.807, 2.05) is 6.92 Å². The quantitative estimate of drug-likeness (QED) is 0.787. The molecule has 2 aromatic carbocycles. The van der Waals surface area contributed by atoms with Crippen molar-refractivity contribution in [2.75, 3.05) is 11.1 Å². The molecule has 0 spiro atoms. The molecule has 23 heavy (non-hydrogen) atoms. The number of carbonyl (C=O) groups is 1. The molecule has 0 bridgehead atoms. The van der Waals surface area contributed by atoms with Crippen LogP contribution in [-0.4, -0.2) is 11.7 Å². The molecule has 0 aliphatic carbocycles. The first-order chi connectivity index (χ1) is 10.7. The normalized spacial score (nSPS) is 11.2. The average Bonchev–Trinajstić information content (AvgIpc) is 2.41. The van der Waals surface area contributed by atoms with Crippen molar-refractivity contribution in [2.24, 2.45) is 0 Å². The minimum atomic E-state index is -0.581. The third kappa shape index (κ3) is 4.45. The van der Waals surface area contributed by atoms with Crippen LogP contribution in [0.25, 0.3) is 11.1 Å². The van der Waals surface area contributed by atoms with Gasteiger partial charge in [0.25, 0.3) is 0 Å². The second-order valence-corrected chi connectivity index (χ2v) is 6.39. The maximum atomic E-state index is 13.0. The molecule has 4 nitrogen and oxygen atoms in total. The number of carbonyl (C=O) groups excluding carboxylic acids is 1. The molecule has 2 aromatic rings. The number of amides is 1. The lowest BCUT2D eigenvalue weighted by atomic mass is 9.99. The molecule has 1 amide bonds. The summed E-state index contributed by atoms with van der Waals surface area (Å²) in [5.41, 5.74) is 9.01. The molecule has 0 aromatic heterocycles. The lowest BCUT2D eigenvalue weighted by molar-refractivity contribution is 0.0636. The molecule has 0 saturated carbocycles. The number of rotatable bonds is 2. The summed E-state index contributed by atoms with van der Waals surface area (Å²) in [6.45, 7) is 7.27. The van der Waals surface area contributed by atoms with Crippen molar-refractivity contribution in [3.05, 3.63) is 47.8 Å². The number of benzene rings is 2. The molecule has 122 valence electrons. The highest BCUT2D eigenvalue weighted by Gasteiger charge is 2.17. The van der Waals surface area contributed by atoms with Gasteiger partial charge in [0.1, 0.15) is 11.4 Å². The Labute approximate surface area is 135 Å². The van der Waals surface area contributed by atoms with Crippen LogP contribution in [0.2, 0.25) is 0 Å². The van der Waals surface area contributed by atoms with Crippen LogP contribution in [0, 0.1) is 12.7 Å². The van der Waals surface area contributed by atoms with Gasteiger partial charge in [-0.05, 0) is 68.7 Å². The molecule has 0 atom stereocenters. The van der Waals surface area contributed by atoms with Crippen molar-refractivity contribution in [1.29, 1.82) is 0 Å². The molecule has 0 fully saturated rings. The van der Waals surface area contributed by atoms with Crippen LogP contribution in [-0.2, 0) is 4.74 Å². The van der Waals surface area contributed by atoms with Gasteiger partial charge in [-0.15, -0.1) is 0 Å². The first kappa shape index (κ1) is 16.8. The molecule has 0 unspecified atom stereocenters. The molecular formula is C18H21FN2O2. The lowest BCUT2D eigenvalue weighted by Crippen LogP contribution is -2.27. The lowest BCUT2D eigenvalue weighted by Gasteiger charge is -2.20. The summed E-state index contributed by atoms with van der Waals surface area (Å²) in [4.78, 5) is 11.9. The van der Waals surface area contributed by atoms with Gasteiger partial charge in [-0.3, -0.25) is 5.32 Å². The van der Waals surface area contributed by atoms with Gasteiger partial charge >= 0.3 is 6.09 Å². The Kier molecular flexibility index (Phi) is 4.59. The SMILES string of the molecule is Cc1cc(NC(=O)OC(C)(C)C)c(N)cc1-c1ccc(F)cc1.